The Morgan fingerprint density at radius 2 is 0.561 bits per heavy atom. The molecule has 0 saturated carbocycles. The van der Waals surface area contributed by atoms with E-state index in [1.807, 2.05) is 0 Å². The Morgan fingerprint density at radius 3 is 0.976 bits per heavy atom. The molecule has 0 heterocycles. The van der Waals surface area contributed by atoms with Crippen LogP contribution < -0.4 is 0 Å². The van der Waals surface area contributed by atoms with Gasteiger partial charge in [-0.1, -0.05) is 146 Å². The fraction of sp³-hybridized carbons (Fsp3) is 0.0244. The van der Waals surface area contributed by atoms with E-state index in [0.29, 0.717) is 0 Å². The van der Waals surface area contributed by atoms with Gasteiger partial charge >= 0.3 is 0 Å². The van der Waals surface area contributed by atoms with E-state index in [-0.39, 0.29) is 0 Å². The maximum absolute atomic E-state index is 2.39. The third-order valence-electron chi connectivity index (χ3n) is 9.82. The molecule has 2 aliphatic carbocycles. The van der Waals surface area contributed by atoms with Crippen molar-refractivity contribution in [1.82, 2.24) is 0 Å². The van der Waals surface area contributed by atoms with Crippen LogP contribution in [0.3, 0.4) is 0 Å². The second-order valence-electron chi connectivity index (χ2n) is 11.5. The van der Waals surface area contributed by atoms with Gasteiger partial charge in [-0.3, -0.25) is 0 Å². The Kier molecular flexibility index (Phi) is 3.95. The Balaban J connectivity index is 1.61. The molecule has 2 aliphatic rings. The first-order valence-electron chi connectivity index (χ1n) is 14.5. The summed E-state index contributed by atoms with van der Waals surface area (Å²) in [6, 6.07) is 54.6. The van der Waals surface area contributed by atoms with Crippen LogP contribution in [-0.2, 0) is 5.41 Å². The quantitative estimate of drug-likeness (QED) is 0.176. The zero-order valence-electron chi connectivity index (χ0n) is 22.4. The highest BCUT2D eigenvalue weighted by Gasteiger charge is 2.54. The standard InChI is InChI=1S/C41H24/c1-5-19-31-25(13-1)27-15-3-7-21-33(27)39-37(31)38-32-20-6-2-14-26(32)28-16-4-8-22-34(28)40(38)41(39)35-23-11-9-17-29(35)30-18-10-12-24-36(30)41/h1-24H. The van der Waals surface area contributed by atoms with E-state index < -0.39 is 5.41 Å². The molecule has 0 fully saturated rings. The van der Waals surface area contributed by atoms with Crippen LogP contribution in [0, 0.1) is 0 Å². The van der Waals surface area contributed by atoms with E-state index >= 15 is 0 Å². The molecule has 1 spiro atoms. The first-order chi connectivity index (χ1) is 20.4. The number of hydrogen-bond acceptors (Lipinski definition) is 0. The maximum atomic E-state index is 2.39. The first-order valence-corrected chi connectivity index (χ1v) is 14.5. The van der Waals surface area contributed by atoms with Crippen molar-refractivity contribution in [3.05, 3.63) is 168 Å². The van der Waals surface area contributed by atoms with Crippen LogP contribution in [0.5, 0.6) is 0 Å². The topological polar surface area (TPSA) is 0 Å². The molecule has 41 heavy (non-hydrogen) atoms. The van der Waals surface area contributed by atoms with Crippen molar-refractivity contribution in [3.8, 4) is 22.3 Å². The molecule has 0 aliphatic heterocycles. The van der Waals surface area contributed by atoms with Crippen LogP contribution in [0.25, 0.3) is 65.3 Å². The molecule has 0 bridgehead atoms. The second kappa shape index (κ2) is 7.50. The van der Waals surface area contributed by atoms with E-state index in [4.69, 9.17) is 0 Å². The Hall–Kier alpha value is -5.20. The molecular formula is C41H24. The average molecular weight is 517 g/mol. The van der Waals surface area contributed by atoms with Gasteiger partial charge in [-0.2, -0.15) is 0 Å². The van der Waals surface area contributed by atoms with Crippen LogP contribution >= 0.6 is 0 Å². The third kappa shape index (κ3) is 2.40. The average Bonchev–Trinajstić information content (AvgIpc) is 3.54. The predicted octanol–water partition coefficient (Wildman–Crippen LogP) is 10.6. The Bertz CT molecular complexity index is 2250. The summed E-state index contributed by atoms with van der Waals surface area (Å²) in [6.07, 6.45) is 0. The highest BCUT2D eigenvalue weighted by molar-refractivity contribution is 6.27. The minimum atomic E-state index is -0.425. The van der Waals surface area contributed by atoms with E-state index in [0.717, 1.165) is 0 Å². The zero-order chi connectivity index (χ0) is 26.7. The molecule has 8 aromatic carbocycles. The fourth-order valence-corrected chi connectivity index (χ4v) is 8.48. The summed E-state index contributed by atoms with van der Waals surface area (Å²) >= 11 is 0. The van der Waals surface area contributed by atoms with Gasteiger partial charge in [0.05, 0.1) is 5.41 Å². The van der Waals surface area contributed by atoms with E-state index in [2.05, 4.69) is 146 Å². The third-order valence-corrected chi connectivity index (χ3v) is 9.82. The van der Waals surface area contributed by atoms with Crippen molar-refractivity contribution < 1.29 is 0 Å². The molecule has 0 amide bonds. The Labute approximate surface area is 238 Å². The predicted molar refractivity (Wildman–Crippen MR) is 173 cm³/mol. The summed E-state index contributed by atoms with van der Waals surface area (Å²) in [5.41, 5.74) is 10.7. The fourth-order valence-electron chi connectivity index (χ4n) is 8.48. The SMILES string of the molecule is c1ccc2c(c1)-c1ccccc1C21c2c(c3ccccc3c3ccccc23)-c2c1c1ccccc1c1ccccc21. The van der Waals surface area contributed by atoms with Gasteiger partial charge < -0.3 is 0 Å². The van der Waals surface area contributed by atoms with Crippen molar-refractivity contribution in [2.75, 3.05) is 0 Å². The molecule has 188 valence electrons. The summed E-state index contributed by atoms with van der Waals surface area (Å²) in [4.78, 5) is 0. The lowest BCUT2D eigenvalue weighted by Gasteiger charge is -2.32. The molecule has 10 rings (SSSR count). The van der Waals surface area contributed by atoms with Gasteiger partial charge in [-0.05, 0) is 87.6 Å². The lowest BCUT2D eigenvalue weighted by Crippen LogP contribution is -2.26. The first kappa shape index (κ1) is 21.6. The Morgan fingerprint density at radius 1 is 0.268 bits per heavy atom. The van der Waals surface area contributed by atoms with Crippen molar-refractivity contribution in [2.24, 2.45) is 0 Å². The minimum absolute atomic E-state index is 0.425. The van der Waals surface area contributed by atoms with E-state index in [9.17, 15) is 0 Å². The van der Waals surface area contributed by atoms with Gasteiger partial charge in [0.2, 0.25) is 0 Å². The summed E-state index contributed by atoms with van der Waals surface area (Å²) in [6.45, 7) is 0. The van der Waals surface area contributed by atoms with Gasteiger partial charge in [-0.25, -0.2) is 0 Å². The number of benzene rings is 8. The van der Waals surface area contributed by atoms with Crippen molar-refractivity contribution in [3.63, 3.8) is 0 Å². The van der Waals surface area contributed by atoms with E-state index in [1.54, 1.807) is 0 Å². The molecule has 0 saturated heterocycles. The van der Waals surface area contributed by atoms with E-state index in [1.165, 1.54) is 87.6 Å². The number of fused-ring (bicyclic) bond motifs is 20. The molecule has 0 nitrogen and oxygen atoms in total. The summed E-state index contributed by atoms with van der Waals surface area (Å²) in [5, 5.41) is 10.6. The van der Waals surface area contributed by atoms with Gasteiger partial charge in [-0.15, -0.1) is 0 Å². The highest BCUT2D eigenvalue weighted by Crippen LogP contribution is 2.67. The number of rotatable bonds is 0. The second-order valence-corrected chi connectivity index (χ2v) is 11.5. The van der Waals surface area contributed by atoms with Crippen molar-refractivity contribution in [2.45, 2.75) is 5.41 Å². The molecule has 0 aromatic heterocycles. The van der Waals surface area contributed by atoms with Gasteiger partial charge in [0.1, 0.15) is 0 Å². The molecule has 0 radical (unpaired) electrons. The van der Waals surface area contributed by atoms with Crippen LogP contribution in [0.1, 0.15) is 22.3 Å². The zero-order valence-corrected chi connectivity index (χ0v) is 22.4. The van der Waals surface area contributed by atoms with Crippen LogP contribution in [0.4, 0.5) is 0 Å². The highest BCUT2D eigenvalue weighted by atomic mass is 14.5. The van der Waals surface area contributed by atoms with Crippen LogP contribution in [0.15, 0.2) is 146 Å². The molecule has 0 atom stereocenters. The van der Waals surface area contributed by atoms with Gasteiger partial charge in [0.25, 0.3) is 0 Å². The molecular weight excluding hydrogens is 492 g/mol. The summed E-state index contributed by atoms with van der Waals surface area (Å²) in [5.74, 6) is 0. The molecule has 0 N–H and O–H groups in total. The summed E-state index contributed by atoms with van der Waals surface area (Å²) < 4.78 is 0. The smallest absolute Gasteiger partial charge is 0.0619 e. The molecule has 0 unspecified atom stereocenters. The summed E-state index contributed by atoms with van der Waals surface area (Å²) in [7, 11) is 0. The van der Waals surface area contributed by atoms with Crippen LogP contribution in [-0.4, -0.2) is 0 Å². The molecule has 0 heteroatoms. The lowest BCUT2D eigenvalue weighted by molar-refractivity contribution is 0.810. The maximum Gasteiger partial charge on any atom is 0.0738 e. The monoisotopic (exact) mass is 516 g/mol. The largest absolute Gasteiger partial charge is 0.0738 e. The molecule has 8 aromatic rings. The number of hydrogen-bond donors (Lipinski definition) is 0. The minimum Gasteiger partial charge on any atom is -0.0619 e. The lowest BCUT2D eigenvalue weighted by atomic mass is 9.68. The van der Waals surface area contributed by atoms with Gasteiger partial charge in [0, 0.05) is 0 Å². The van der Waals surface area contributed by atoms with Gasteiger partial charge in [0.15, 0.2) is 0 Å². The van der Waals surface area contributed by atoms with Crippen LogP contribution in [0.2, 0.25) is 0 Å². The van der Waals surface area contributed by atoms with Crippen molar-refractivity contribution >= 4 is 43.1 Å². The van der Waals surface area contributed by atoms with Crippen molar-refractivity contribution in [1.29, 1.82) is 0 Å². The normalized spacial score (nSPS) is 14.0.